The molecule has 4 heteroatoms. The van der Waals surface area contributed by atoms with Crippen LogP contribution in [0.15, 0.2) is 18.2 Å². The number of nitrogens with zero attached hydrogens (tertiary/aromatic N) is 1. The molecule has 0 atom stereocenters. The van der Waals surface area contributed by atoms with Crippen LogP contribution in [-0.2, 0) is 4.79 Å². The second-order valence-electron chi connectivity index (χ2n) is 4.46. The van der Waals surface area contributed by atoms with Gasteiger partial charge in [0.15, 0.2) is 0 Å². The number of aliphatic hydroxyl groups excluding tert-OH is 1. The average Bonchev–Trinajstić information content (AvgIpc) is 2.27. The molecule has 0 saturated carbocycles. The van der Waals surface area contributed by atoms with Crippen LogP contribution in [0.5, 0.6) is 5.75 Å². The smallest absolute Gasteiger partial charge is 0.225 e. The highest BCUT2D eigenvalue weighted by Gasteiger charge is 2.07. The molecule has 1 amide bonds. The molecule has 0 radical (unpaired) electrons. The van der Waals surface area contributed by atoms with Crippen LogP contribution in [0.4, 0.5) is 0 Å². The Balaban J connectivity index is 2.39. The van der Waals surface area contributed by atoms with E-state index in [2.05, 4.69) is 6.07 Å². The fraction of sp³-hybridized carbons (Fsp3) is 0.500. The summed E-state index contributed by atoms with van der Waals surface area (Å²) in [6.07, 6.45) is 0.323. The molecule has 100 valence electrons. The van der Waals surface area contributed by atoms with Crippen molar-refractivity contribution < 1.29 is 14.6 Å². The van der Waals surface area contributed by atoms with Crippen LogP contribution in [0.2, 0.25) is 0 Å². The molecule has 0 aromatic heterocycles. The van der Waals surface area contributed by atoms with Crippen LogP contribution in [0.25, 0.3) is 0 Å². The number of hydrogen-bond donors (Lipinski definition) is 1. The Morgan fingerprint density at radius 2 is 1.89 bits per heavy atom. The summed E-state index contributed by atoms with van der Waals surface area (Å²) < 4.78 is 5.56. The third-order valence-electron chi connectivity index (χ3n) is 2.64. The summed E-state index contributed by atoms with van der Waals surface area (Å²) >= 11 is 0. The molecular weight excluding hydrogens is 230 g/mol. The number of aryl methyl sites for hydroxylation is 2. The average molecular weight is 251 g/mol. The maximum Gasteiger partial charge on any atom is 0.225 e. The highest BCUT2D eigenvalue weighted by atomic mass is 16.5. The number of carbonyl (C=O) groups is 1. The third kappa shape index (κ3) is 4.75. The van der Waals surface area contributed by atoms with E-state index in [-0.39, 0.29) is 12.5 Å². The van der Waals surface area contributed by atoms with E-state index in [1.165, 1.54) is 4.90 Å². The Morgan fingerprint density at radius 3 is 2.44 bits per heavy atom. The Bertz CT molecular complexity index is 384. The lowest BCUT2D eigenvalue weighted by Gasteiger charge is -2.15. The van der Waals surface area contributed by atoms with Gasteiger partial charge in [0.2, 0.25) is 5.91 Å². The van der Waals surface area contributed by atoms with Crippen molar-refractivity contribution in [2.24, 2.45) is 0 Å². The molecule has 1 aromatic carbocycles. The summed E-state index contributed by atoms with van der Waals surface area (Å²) in [5.74, 6) is 0.776. The van der Waals surface area contributed by atoms with Gasteiger partial charge < -0.3 is 14.7 Å². The van der Waals surface area contributed by atoms with Crippen molar-refractivity contribution in [1.82, 2.24) is 4.90 Å². The standard InChI is InChI=1S/C14H21NO3/c1-11-8-12(2)10-13(9-11)18-7-4-14(17)15(3)5-6-16/h8-10,16H,4-7H2,1-3H3. The summed E-state index contributed by atoms with van der Waals surface area (Å²) in [6.45, 7) is 4.74. The quantitative estimate of drug-likeness (QED) is 0.834. The van der Waals surface area contributed by atoms with Gasteiger partial charge in [-0.1, -0.05) is 6.07 Å². The third-order valence-corrected chi connectivity index (χ3v) is 2.64. The van der Waals surface area contributed by atoms with Crippen molar-refractivity contribution in [3.05, 3.63) is 29.3 Å². The summed E-state index contributed by atoms with van der Waals surface area (Å²) in [7, 11) is 1.68. The van der Waals surface area contributed by atoms with Crippen molar-refractivity contribution in [1.29, 1.82) is 0 Å². The van der Waals surface area contributed by atoms with Crippen LogP contribution in [0.1, 0.15) is 17.5 Å². The van der Waals surface area contributed by atoms with E-state index in [1.807, 2.05) is 26.0 Å². The Hall–Kier alpha value is -1.55. The molecule has 1 rings (SSSR count). The number of hydrogen-bond acceptors (Lipinski definition) is 3. The van der Waals surface area contributed by atoms with Crippen molar-refractivity contribution >= 4 is 5.91 Å². The zero-order valence-corrected chi connectivity index (χ0v) is 11.3. The molecule has 0 bridgehead atoms. The lowest BCUT2D eigenvalue weighted by molar-refractivity contribution is -0.130. The Labute approximate surface area is 108 Å². The fourth-order valence-electron chi connectivity index (χ4n) is 1.74. The van der Waals surface area contributed by atoms with Crippen molar-refractivity contribution in [3.8, 4) is 5.75 Å². The number of aliphatic hydroxyl groups is 1. The van der Waals surface area contributed by atoms with Gasteiger partial charge in [-0.25, -0.2) is 0 Å². The van der Waals surface area contributed by atoms with Crippen LogP contribution < -0.4 is 4.74 Å². The lowest BCUT2D eigenvalue weighted by Crippen LogP contribution is -2.30. The second kappa shape index (κ2) is 7.01. The molecule has 0 unspecified atom stereocenters. The first-order valence-electron chi connectivity index (χ1n) is 6.09. The van der Waals surface area contributed by atoms with E-state index in [4.69, 9.17) is 9.84 Å². The number of rotatable bonds is 6. The minimum absolute atomic E-state index is 0.0137. The molecule has 1 N–H and O–H groups in total. The maximum absolute atomic E-state index is 11.6. The largest absolute Gasteiger partial charge is 0.493 e. The van der Waals surface area contributed by atoms with Gasteiger partial charge in [0.1, 0.15) is 5.75 Å². The van der Waals surface area contributed by atoms with E-state index in [1.54, 1.807) is 7.05 Å². The first kappa shape index (κ1) is 14.5. The first-order chi connectivity index (χ1) is 8.52. The summed E-state index contributed by atoms with van der Waals surface area (Å²) in [4.78, 5) is 13.1. The second-order valence-corrected chi connectivity index (χ2v) is 4.46. The summed E-state index contributed by atoms with van der Waals surface area (Å²) in [6, 6.07) is 5.98. The van der Waals surface area contributed by atoms with E-state index in [0.717, 1.165) is 16.9 Å². The van der Waals surface area contributed by atoms with E-state index in [0.29, 0.717) is 19.6 Å². The zero-order chi connectivity index (χ0) is 13.5. The molecule has 0 spiro atoms. The number of likely N-dealkylation sites (N-methyl/N-ethyl adjacent to an activating group) is 1. The van der Waals surface area contributed by atoms with Gasteiger partial charge in [-0.3, -0.25) is 4.79 Å². The van der Waals surface area contributed by atoms with Crippen LogP contribution in [-0.4, -0.2) is 42.7 Å². The molecule has 0 aliphatic heterocycles. The monoisotopic (exact) mass is 251 g/mol. The molecule has 0 aliphatic carbocycles. The maximum atomic E-state index is 11.6. The SMILES string of the molecule is Cc1cc(C)cc(OCCC(=O)N(C)CCO)c1. The molecule has 0 heterocycles. The van der Waals surface area contributed by atoms with Gasteiger partial charge >= 0.3 is 0 Å². The summed E-state index contributed by atoms with van der Waals surface area (Å²) in [5, 5.41) is 8.72. The Kier molecular flexibility index (Phi) is 5.65. The normalized spacial score (nSPS) is 10.2. The van der Waals surface area contributed by atoms with Crippen molar-refractivity contribution in [2.45, 2.75) is 20.3 Å². The van der Waals surface area contributed by atoms with E-state index >= 15 is 0 Å². The molecule has 0 fully saturated rings. The van der Waals surface area contributed by atoms with Crippen molar-refractivity contribution in [3.63, 3.8) is 0 Å². The number of amides is 1. The Morgan fingerprint density at radius 1 is 1.28 bits per heavy atom. The van der Waals surface area contributed by atoms with Crippen LogP contribution in [0, 0.1) is 13.8 Å². The predicted molar refractivity (Wildman–Crippen MR) is 70.8 cm³/mol. The molecule has 4 nitrogen and oxygen atoms in total. The van der Waals surface area contributed by atoms with Gasteiger partial charge in [0.05, 0.1) is 19.6 Å². The lowest BCUT2D eigenvalue weighted by atomic mass is 10.1. The first-order valence-corrected chi connectivity index (χ1v) is 6.09. The molecule has 1 aromatic rings. The van der Waals surface area contributed by atoms with Gasteiger partial charge in [0, 0.05) is 13.6 Å². The highest BCUT2D eigenvalue weighted by Crippen LogP contribution is 2.16. The summed E-state index contributed by atoms with van der Waals surface area (Å²) in [5.41, 5.74) is 2.29. The van der Waals surface area contributed by atoms with E-state index < -0.39 is 0 Å². The van der Waals surface area contributed by atoms with Gasteiger partial charge in [-0.15, -0.1) is 0 Å². The molecular formula is C14H21NO3. The topological polar surface area (TPSA) is 49.8 Å². The molecule has 0 saturated heterocycles. The minimum Gasteiger partial charge on any atom is -0.493 e. The van der Waals surface area contributed by atoms with Crippen LogP contribution >= 0.6 is 0 Å². The van der Waals surface area contributed by atoms with Gasteiger partial charge in [0.25, 0.3) is 0 Å². The predicted octanol–water partition coefficient (Wildman–Crippen LogP) is 1.52. The molecule has 0 aliphatic rings. The van der Waals surface area contributed by atoms with E-state index in [9.17, 15) is 4.79 Å². The number of ether oxygens (including phenoxy) is 1. The molecule has 18 heavy (non-hydrogen) atoms. The van der Waals surface area contributed by atoms with Crippen molar-refractivity contribution in [2.75, 3.05) is 26.8 Å². The fourth-order valence-corrected chi connectivity index (χ4v) is 1.74. The minimum atomic E-state index is -0.0200. The zero-order valence-electron chi connectivity index (χ0n) is 11.3. The van der Waals surface area contributed by atoms with Crippen LogP contribution in [0.3, 0.4) is 0 Å². The van der Waals surface area contributed by atoms with Gasteiger partial charge in [-0.05, 0) is 37.1 Å². The number of carbonyl (C=O) groups excluding carboxylic acids is 1. The number of benzene rings is 1. The van der Waals surface area contributed by atoms with Gasteiger partial charge in [-0.2, -0.15) is 0 Å². The highest BCUT2D eigenvalue weighted by molar-refractivity contribution is 5.75.